The predicted molar refractivity (Wildman–Crippen MR) is 100 cm³/mol. The second kappa shape index (κ2) is 8.33. The smallest absolute Gasteiger partial charge is 0.226 e. The Morgan fingerprint density at radius 2 is 1.76 bits per heavy atom. The van der Waals surface area contributed by atoms with Gasteiger partial charge >= 0.3 is 0 Å². The molecule has 25 heavy (non-hydrogen) atoms. The SMILES string of the molecule is COc1cccc(N(CCC(=O)Nc2cc(C)cc(C)c2)C(C)=O)c1. The van der Waals surface area contributed by atoms with E-state index in [4.69, 9.17) is 4.74 Å². The number of carbonyl (C=O) groups is 2. The van der Waals surface area contributed by atoms with Crippen molar-refractivity contribution in [2.45, 2.75) is 27.2 Å². The lowest BCUT2D eigenvalue weighted by molar-refractivity contribution is -0.117. The van der Waals surface area contributed by atoms with Crippen LogP contribution < -0.4 is 15.0 Å². The van der Waals surface area contributed by atoms with Gasteiger partial charge in [-0.25, -0.2) is 0 Å². The number of hydrogen-bond acceptors (Lipinski definition) is 3. The normalized spacial score (nSPS) is 10.2. The summed E-state index contributed by atoms with van der Waals surface area (Å²) >= 11 is 0. The van der Waals surface area contributed by atoms with Gasteiger partial charge in [0.1, 0.15) is 5.75 Å². The molecule has 0 aliphatic heterocycles. The molecule has 0 aliphatic rings. The number of hydrogen-bond donors (Lipinski definition) is 1. The van der Waals surface area contributed by atoms with Gasteiger partial charge in [0.25, 0.3) is 0 Å². The van der Waals surface area contributed by atoms with Crippen molar-refractivity contribution in [3.05, 3.63) is 53.6 Å². The molecule has 0 saturated carbocycles. The molecule has 132 valence electrons. The fraction of sp³-hybridized carbons (Fsp3) is 0.300. The fourth-order valence-corrected chi connectivity index (χ4v) is 2.73. The van der Waals surface area contributed by atoms with Crippen molar-refractivity contribution >= 4 is 23.2 Å². The quantitative estimate of drug-likeness (QED) is 0.872. The lowest BCUT2D eigenvalue weighted by Crippen LogP contribution is -2.31. The van der Waals surface area contributed by atoms with Gasteiger partial charge in [-0.2, -0.15) is 0 Å². The van der Waals surface area contributed by atoms with Gasteiger partial charge in [0.05, 0.1) is 7.11 Å². The molecule has 0 bridgehead atoms. The maximum atomic E-state index is 12.2. The number of ether oxygens (including phenoxy) is 1. The Morgan fingerprint density at radius 1 is 1.08 bits per heavy atom. The van der Waals surface area contributed by atoms with E-state index in [-0.39, 0.29) is 18.2 Å². The fourth-order valence-electron chi connectivity index (χ4n) is 2.73. The first-order chi connectivity index (χ1) is 11.9. The van der Waals surface area contributed by atoms with Crippen LogP contribution in [0.4, 0.5) is 11.4 Å². The molecule has 0 fully saturated rings. The summed E-state index contributed by atoms with van der Waals surface area (Å²) in [6.07, 6.45) is 0.212. The standard InChI is InChI=1S/C20H24N2O3/c1-14-10-15(2)12-17(11-14)21-20(24)8-9-22(16(3)23)18-6-5-7-19(13-18)25-4/h5-7,10-13H,8-9H2,1-4H3,(H,21,24). The highest BCUT2D eigenvalue weighted by Crippen LogP contribution is 2.21. The number of aryl methyl sites for hydroxylation is 2. The molecule has 0 atom stereocenters. The second-order valence-corrected chi connectivity index (χ2v) is 6.05. The molecule has 2 aromatic carbocycles. The van der Waals surface area contributed by atoms with E-state index in [1.807, 2.05) is 44.2 Å². The lowest BCUT2D eigenvalue weighted by Gasteiger charge is -2.21. The molecule has 2 amide bonds. The third kappa shape index (κ3) is 5.35. The van der Waals surface area contributed by atoms with Crippen LogP contribution in [0.15, 0.2) is 42.5 Å². The van der Waals surface area contributed by atoms with E-state index < -0.39 is 0 Å². The van der Waals surface area contributed by atoms with Crippen LogP contribution in [0.25, 0.3) is 0 Å². The van der Waals surface area contributed by atoms with Crippen molar-refractivity contribution in [3.8, 4) is 5.75 Å². The van der Waals surface area contributed by atoms with Crippen LogP contribution >= 0.6 is 0 Å². The summed E-state index contributed by atoms with van der Waals surface area (Å²) in [6, 6.07) is 13.1. The van der Waals surface area contributed by atoms with Crippen LogP contribution in [-0.4, -0.2) is 25.5 Å². The first-order valence-electron chi connectivity index (χ1n) is 8.19. The molecule has 5 nitrogen and oxygen atoms in total. The lowest BCUT2D eigenvalue weighted by atomic mass is 10.1. The second-order valence-electron chi connectivity index (χ2n) is 6.05. The zero-order chi connectivity index (χ0) is 18.4. The van der Waals surface area contributed by atoms with Crippen LogP contribution in [0.5, 0.6) is 5.75 Å². The van der Waals surface area contributed by atoms with Gasteiger partial charge in [-0.3, -0.25) is 9.59 Å². The molecule has 5 heteroatoms. The third-order valence-corrected chi connectivity index (χ3v) is 3.81. The van der Waals surface area contributed by atoms with E-state index >= 15 is 0 Å². The number of amides is 2. The van der Waals surface area contributed by atoms with Crippen LogP contribution in [0.3, 0.4) is 0 Å². The Labute approximate surface area is 148 Å². The van der Waals surface area contributed by atoms with E-state index in [0.29, 0.717) is 18.0 Å². The highest BCUT2D eigenvalue weighted by Gasteiger charge is 2.14. The summed E-state index contributed by atoms with van der Waals surface area (Å²) in [5, 5.41) is 2.89. The Kier molecular flexibility index (Phi) is 6.17. The van der Waals surface area contributed by atoms with Gasteiger partial charge < -0.3 is 15.0 Å². The molecular weight excluding hydrogens is 316 g/mol. The van der Waals surface area contributed by atoms with Gasteiger partial charge in [0, 0.05) is 37.3 Å². The summed E-state index contributed by atoms with van der Waals surface area (Å²) in [7, 11) is 1.58. The minimum atomic E-state index is -0.126. The average Bonchev–Trinajstić information content (AvgIpc) is 2.54. The Morgan fingerprint density at radius 3 is 2.36 bits per heavy atom. The number of carbonyl (C=O) groups excluding carboxylic acids is 2. The van der Waals surface area contributed by atoms with Crippen LogP contribution in [0.2, 0.25) is 0 Å². The molecule has 0 radical (unpaired) electrons. The van der Waals surface area contributed by atoms with Crippen molar-refractivity contribution in [2.24, 2.45) is 0 Å². The van der Waals surface area contributed by atoms with E-state index in [0.717, 1.165) is 16.8 Å². The Bertz CT molecular complexity index is 751. The molecular formula is C20H24N2O3. The maximum absolute atomic E-state index is 12.2. The van der Waals surface area contributed by atoms with Gasteiger partial charge in [-0.05, 0) is 49.2 Å². The molecule has 0 spiro atoms. The molecule has 0 heterocycles. The van der Waals surface area contributed by atoms with Crippen molar-refractivity contribution < 1.29 is 14.3 Å². The third-order valence-electron chi connectivity index (χ3n) is 3.81. The van der Waals surface area contributed by atoms with Crippen molar-refractivity contribution in [1.82, 2.24) is 0 Å². The number of nitrogens with zero attached hydrogens (tertiary/aromatic N) is 1. The highest BCUT2D eigenvalue weighted by atomic mass is 16.5. The zero-order valence-corrected chi connectivity index (χ0v) is 15.1. The molecule has 2 aromatic rings. The molecule has 2 rings (SSSR count). The maximum Gasteiger partial charge on any atom is 0.226 e. The number of nitrogens with one attached hydrogen (secondary N) is 1. The Hall–Kier alpha value is -2.82. The van der Waals surface area contributed by atoms with E-state index in [2.05, 4.69) is 11.4 Å². The van der Waals surface area contributed by atoms with Crippen LogP contribution in [-0.2, 0) is 9.59 Å². The molecule has 0 aliphatic carbocycles. The predicted octanol–water partition coefficient (Wildman–Crippen LogP) is 3.69. The number of benzene rings is 2. The van der Waals surface area contributed by atoms with Gasteiger partial charge in [0.2, 0.25) is 11.8 Å². The molecule has 0 saturated heterocycles. The van der Waals surface area contributed by atoms with Crippen molar-refractivity contribution in [1.29, 1.82) is 0 Å². The monoisotopic (exact) mass is 340 g/mol. The van der Waals surface area contributed by atoms with E-state index in [1.165, 1.54) is 6.92 Å². The Balaban J connectivity index is 2.03. The van der Waals surface area contributed by atoms with Crippen molar-refractivity contribution in [3.63, 3.8) is 0 Å². The van der Waals surface area contributed by atoms with Gasteiger partial charge in [-0.15, -0.1) is 0 Å². The largest absolute Gasteiger partial charge is 0.497 e. The van der Waals surface area contributed by atoms with E-state index in [1.54, 1.807) is 18.1 Å². The topological polar surface area (TPSA) is 58.6 Å². The van der Waals surface area contributed by atoms with Gasteiger partial charge in [0.15, 0.2) is 0 Å². The molecule has 0 unspecified atom stereocenters. The summed E-state index contributed by atoms with van der Waals surface area (Å²) in [5.74, 6) is 0.426. The van der Waals surface area contributed by atoms with Crippen LogP contribution in [0.1, 0.15) is 24.5 Å². The minimum Gasteiger partial charge on any atom is -0.497 e. The van der Waals surface area contributed by atoms with Crippen molar-refractivity contribution in [2.75, 3.05) is 23.9 Å². The number of anilines is 2. The van der Waals surface area contributed by atoms with Gasteiger partial charge in [-0.1, -0.05) is 12.1 Å². The summed E-state index contributed by atoms with van der Waals surface area (Å²) < 4.78 is 5.19. The summed E-state index contributed by atoms with van der Waals surface area (Å²) in [4.78, 5) is 25.8. The molecule has 0 aromatic heterocycles. The van der Waals surface area contributed by atoms with E-state index in [9.17, 15) is 9.59 Å². The summed E-state index contributed by atoms with van der Waals surface area (Å²) in [5.41, 5.74) is 3.68. The zero-order valence-electron chi connectivity index (χ0n) is 15.1. The molecule has 1 N–H and O–H groups in total. The number of rotatable bonds is 6. The number of methoxy groups -OCH3 is 1. The first kappa shape index (κ1) is 18.5. The highest BCUT2D eigenvalue weighted by molar-refractivity contribution is 5.95. The minimum absolute atomic E-state index is 0.118. The average molecular weight is 340 g/mol. The first-order valence-corrected chi connectivity index (χ1v) is 8.19. The van der Waals surface area contributed by atoms with Crippen LogP contribution in [0, 0.1) is 13.8 Å². The summed E-state index contributed by atoms with van der Waals surface area (Å²) in [6.45, 7) is 5.77.